The lowest BCUT2D eigenvalue weighted by atomic mass is 10.1. The first-order valence-corrected chi connectivity index (χ1v) is 19.8. The Labute approximate surface area is 287 Å². The van der Waals surface area contributed by atoms with Crippen LogP contribution in [0.5, 0.6) is 5.75 Å². The fraction of sp³-hybridized carbons (Fsp3) is 0.611. The number of benzene rings is 1. The maximum absolute atomic E-state index is 12.3. The number of nitrogens with one attached hydrogen (secondary N) is 1. The van der Waals surface area contributed by atoms with E-state index in [-0.39, 0.29) is 23.3 Å². The van der Waals surface area contributed by atoms with Crippen LogP contribution in [-0.4, -0.2) is 80.7 Å². The summed E-state index contributed by atoms with van der Waals surface area (Å²) in [7, 11) is -0.0592. The van der Waals surface area contributed by atoms with Crippen molar-refractivity contribution < 1.29 is 28.0 Å². The fourth-order valence-corrected chi connectivity index (χ4v) is 6.66. The van der Waals surface area contributed by atoms with Crippen molar-refractivity contribution in [3.63, 3.8) is 0 Å². The molecule has 1 aliphatic rings. The molecule has 1 aromatic carbocycles. The summed E-state index contributed by atoms with van der Waals surface area (Å²) in [6.45, 7) is 22.6. The molecule has 1 N–H and O–H groups in total. The van der Waals surface area contributed by atoms with E-state index in [1.807, 2.05) is 65.0 Å². The minimum Gasteiger partial charge on any atom is -0.491 e. The van der Waals surface area contributed by atoms with Crippen molar-refractivity contribution in [2.75, 3.05) is 38.4 Å². The van der Waals surface area contributed by atoms with Gasteiger partial charge in [-0.15, -0.1) is 0 Å². The summed E-state index contributed by atoms with van der Waals surface area (Å²) >= 11 is 0. The molecule has 1 aliphatic heterocycles. The van der Waals surface area contributed by atoms with Crippen LogP contribution in [0, 0.1) is 13.8 Å². The van der Waals surface area contributed by atoms with Crippen LogP contribution in [0.3, 0.4) is 0 Å². The molecule has 3 heterocycles. The number of anilines is 1. The summed E-state index contributed by atoms with van der Waals surface area (Å²) in [6, 6.07) is 10.1. The topological polar surface area (TPSA) is 121 Å². The highest BCUT2D eigenvalue weighted by Gasteiger charge is 2.39. The standard InChI is InChI=1S/C36H55N5O6Si/c1-24-32(25(2)46-40-24)30-22-31(41(9)27-15-18-43-19-16-27)38-33(37-30)26-13-12-14-28(21-26)45-23-29(47-48(10,11)36(6,7)8)17-20-44-34(42)39-35(3,4)5/h12-14,21-22,27,29H,15-20,23H2,1-11H3,(H,39,42). The second-order valence-corrected chi connectivity index (χ2v) is 20.0. The highest BCUT2D eigenvalue weighted by atomic mass is 28.4. The Bertz CT molecular complexity index is 1500. The summed E-state index contributed by atoms with van der Waals surface area (Å²) in [4.78, 5) is 24.6. The third kappa shape index (κ3) is 10.0. The van der Waals surface area contributed by atoms with E-state index in [1.54, 1.807) is 0 Å². The first-order valence-electron chi connectivity index (χ1n) is 16.9. The van der Waals surface area contributed by atoms with Gasteiger partial charge in [-0.3, -0.25) is 0 Å². The van der Waals surface area contributed by atoms with Gasteiger partial charge in [-0.1, -0.05) is 38.1 Å². The SMILES string of the molecule is Cc1noc(C)c1-c1cc(N(C)C2CCOCC2)nc(-c2cccc(OCC(CCOC(=O)NC(C)(C)C)O[Si](C)(C)C(C)(C)C)c2)n1. The molecule has 264 valence electrons. The number of rotatable bonds is 12. The van der Waals surface area contributed by atoms with Crippen molar-refractivity contribution >= 4 is 20.2 Å². The molecule has 0 spiro atoms. The molecule has 1 fully saturated rings. The number of carbonyl (C=O) groups is 1. The van der Waals surface area contributed by atoms with Gasteiger partial charge in [-0.25, -0.2) is 14.8 Å². The predicted octanol–water partition coefficient (Wildman–Crippen LogP) is 7.71. The number of alkyl carbamates (subject to hydrolysis) is 1. The molecule has 12 heteroatoms. The smallest absolute Gasteiger partial charge is 0.407 e. The van der Waals surface area contributed by atoms with E-state index in [4.69, 9.17) is 33.1 Å². The van der Waals surface area contributed by atoms with Gasteiger partial charge in [0.1, 0.15) is 23.9 Å². The number of aryl methyl sites for hydroxylation is 2. The van der Waals surface area contributed by atoms with Crippen molar-refractivity contribution in [3.8, 4) is 28.4 Å². The molecule has 0 bridgehead atoms. The first-order chi connectivity index (χ1) is 22.4. The molecule has 0 saturated carbocycles. The van der Waals surface area contributed by atoms with Crippen molar-refractivity contribution in [1.29, 1.82) is 0 Å². The highest BCUT2D eigenvalue weighted by Crippen LogP contribution is 2.38. The molecular weight excluding hydrogens is 627 g/mol. The van der Waals surface area contributed by atoms with E-state index in [9.17, 15) is 4.79 Å². The van der Waals surface area contributed by atoms with Crippen LogP contribution >= 0.6 is 0 Å². The number of aromatic nitrogens is 3. The monoisotopic (exact) mass is 681 g/mol. The molecule has 1 atom stereocenters. The van der Waals surface area contributed by atoms with E-state index in [0.717, 1.165) is 54.4 Å². The zero-order valence-corrected chi connectivity index (χ0v) is 31.7. The van der Waals surface area contributed by atoms with Crippen LogP contribution in [0.15, 0.2) is 34.9 Å². The maximum atomic E-state index is 12.3. The molecular formula is C36H55N5O6Si. The second kappa shape index (κ2) is 15.4. The van der Waals surface area contributed by atoms with Gasteiger partial charge in [0.15, 0.2) is 14.1 Å². The Balaban J connectivity index is 1.58. The molecule has 4 rings (SSSR count). The van der Waals surface area contributed by atoms with E-state index < -0.39 is 14.4 Å². The van der Waals surface area contributed by atoms with Crippen molar-refractivity contribution in [3.05, 3.63) is 41.8 Å². The lowest BCUT2D eigenvalue weighted by molar-refractivity contribution is 0.0766. The van der Waals surface area contributed by atoms with Crippen LogP contribution < -0.4 is 15.0 Å². The summed E-state index contributed by atoms with van der Waals surface area (Å²) in [5.41, 5.74) is 2.86. The van der Waals surface area contributed by atoms with E-state index >= 15 is 0 Å². The zero-order chi connectivity index (χ0) is 35.3. The van der Waals surface area contributed by atoms with Gasteiger partial charge in [-0.05, 0) is 77.7 Å². The second-order valence-electron chi connectivity index (χ2n) is 15.2. The van der Waals surface area contributed by atoms with Gasteiger partial charge in [0.05, 0.1) is 29.7 Å². The van der Waals surface area contributed by atoms with Crippen LogP contribution in [0.1, 0.15) is 72.3 Å². The molecule has 2 aromatic heterocycles. The zero-order valence-electron chi connectivity index (χ0n) is 30.7. The highest BCUT2D eigenvalue weighted by molar-refractivity contribution is 6.74. The lowest BCUT2D eigenvalue weighted by Gasteiger charge is -2.39. The molecule has 1 amide bonds. The molecule has 0 radical (unpaired) electrons. The van der Waals surface area contributed by atoms with Crippen LogP contribution in [-0.2, 0) is 13.9 Å². The Kier molecular flexibility index (Phi) is 12.0. The van der Waals surface area contributed by atoms with Crippen molar-refractivity contribution in [1.82, 2.24) is 20.4 Å². The number of hydrogen-bond acceptors (Lipinski definition) is 10. The first kappa shape index (κ1) is 37.3. The number of carbonyl (C=O) groups excluding carboxylic acids is 1. The third-order valence-corrected chi connectivity index (χ3v) is 13.6. The fourth-order valence-electron chi connectivity index (χ4n) is 5.29. The Morgan fingerprint density at radius 1 is 1.08 bits per heavy atom. The van der Waals surface area contributed by atoms with Crippen LogP contribution in [0.2, 0.25) is 18.1 Å². The predicted molar refractivity (Wildman–Crippen MR) is 191 cm³/mol. The average Bonchev–Trinajstić information content (AvgIpc) is 3.35. The summed E-state index contributed by atoms with van der Waals surface area (Å²) in [6.07, 6.45) is 1.67. The molecule has 3 aromatic rings. The Morgan fingerprint density at radius 2 is 1.79 bits per heavy atom. The molecule has 1 saturated heterocycles. The largest absolute Gasteiger partial charge is 0.491 e. The summed E-state index contributed by atoms with van der Waals surface area (Å²) < 4.78 is 29.7. The number of ether oxygens (including phenoxy) is 3. The average molecular weight is 682 g/mol. The minimum absolute atomic E-state index is 0.00865. The Morgan fingerprint density at radius 3 is 2.42 bits per heavy atom. The van der Waals surface area contributed by atoms with Gasteiger partial charge in [-0.2, -0.15) is 0 Å². The van der Waals surface area contributed by atoms with E-state index in [0.29, 0.717) is 36.4 Å². The Hall–Kier alpha value is -3.48. The minimum atomic E-state index is -2.14. The van der Waals surface area contributed by atoms with Gasteiger partial charge < -0.3 is 33.4 Å². The van der Waals surface area contributed by atoms with Gasteiger partial charge in [0, 0.05) is 49.9 Å². The van der Waals surface area contributed by atoms with Crippen LogP contribution in [0.25, 0.3) is 22.6 Å². The van der Waals surface area contributed by atoms with Gasteiger partial charge in [0.25, 0.3) is 0 Å². The van der Waals surface area contributed by atoms with Gasteiger partial charge >= 0.3 is 6.09 Å². The molecule has 48 heavy (non-hydrogen) atoms. The maximum Gasteiger partial charge on any atom is 0.407 e. The molecule has 11 nitrogen and oxygen atoms in total. The lowest BCUT2D eigenvalue weighted by Crippen LogP contribution is -2.46. The van der Waals surface area contributed by atoms with Crippen molar-refractivity contribution in [2.24, 2.45) is 0 Å². The molecule has 1 unspecified atom stereocenters. The number of amides is 1. The third-order valence-electron chi connectivity index (χ3n) is 9.05. The van der Waals surface area contributed by atoms with Crippen molar-refractivity contribution in [2.45, 2.75) is 110 Å². The van der Waals surface area contributed by atoms with Crippen LogP contribution in [0.4, 0.5) is 10.6 Å². The number of nitrogens with zero attached hydrogens (tertiary/aromatic N) is 4. The van der Waals surface area contributed by atoms with E-state index in [1.165, 1.54) is 0 Å². The van der Waals surface area contributed by atoms with E-state index in [2.05, 4.69) is 56.3 Å². The molecule has 0 aliphatic carbocycles. The normalized spacial score (nSPS) is 15.2. The summed E-state index contributed by atoms with van der Waals surface area (Å²) in [5, 5.41) is 7.02. The van der Waals surface area contributed by atoms with Gasteiger partial charge in [0.2, 0.25) is 0 Å². The summed E-state index contributed by atoms with van der Waals surface area (Å²) in [5.74, 6) is 2.79. The number of hydrogen-bond donors (Lipinski definition) is 1. The quantitative estimate of drug-likeness (QED) is 0.190.